The molecule has 8 nitrogen and oxygen atoms in total. The number of hydrogen-bond donors (Lipinski definition) is 4. The van der Waals surface area contributed by atoms with Crippen molar-refractivity contribution in [1.29, 1.82) is 0 Å². The molecule has 0 aliphatic heterocycles. The molecule has 1 aromatic carbocycles. The van der Waals surface area contributed by atoms with Crippen LogP contribution in [0.15, 0.2) is 24.3 Å². The summed E-state index contributed by atoms with van der Waals surface area (Å²) in [4.78, 5) is 36.6. The van der Waals surface area contributed by atoms with Gasteiger partial charge in [-0.15, -0.1) is 0 Å². The molecule has 0 heterocycles. The molecule has 0 bridgehead atoms. The number of quaternary nitrogens is 1. The van der Waals surface area contributed by atoms with E-state index in [1.54, 1.807) is 45.3 Å². The fourth-order valence-electron chi connectivity index (χ4n) is 2.28. The van der Waals surface area contributed by atoms with Crippen LogP contribution < -0.4 is 25.6 Å². The normalized spacial score (nSPS) is 12.6. The highest BCUT2D eigenvalue weighted by atomic mass is 16.5. The van der Waals surface area contributed by atoms with Crippen LogP contribution in [-0.4, -0.2) is 57.6 Å². The molecule has 1 aromatic rings. The molecule has 26 heavy (non-hydrogen) atoms. The largest absolute Gasteiger partial charge is 0.497 e. The Morgan fingerprint density at radius 2 is 1.88 bits per heavy atom. The van der Waals surface area contributed by atoms with Gasteiger partial charge in [-0.2, -0.15) is 0 Å². The topological polar surface area (TPSA) is 101 Å². The Morgan fingerprint density at radius 1 is 1.19 bits per heavy atom. The minimum absolute atomic E-state index is 0.0942. The van der Waals surface area contributed by atoms with Gasteiger partial charge in [0.15, 0.2) is 13.1 Å². The molecule has 0 radical (unpaired) electrons. The maximum absolute atomic E-state index is 12.1. The van der Waals surface area contributed by atoms with Gasteiger partial charge in [-0.05, 0) is 25.5 Å². The van der Waals surface area contributed by atoms with Gasteiger partial charge in [0.1, 0.15) is 11.8 Å². The molecular weight excluding hydrogens is 336 g/mol. The second kappa shape index (κ2) is 11.1. The van der Waals surface area contributed by atoms with Crippen molar-refractivity contribution in [1.82, 2.24) is 10.6 Å². The molecule has 0 fully saturated rings. The standard InChI is InChI=1S/C18H28N4O4/c1-5-9-19-18(25)13(2)20-16(23)11-22(3)12-17(24)21-14-7-6-8-15(10-14)26-4/h6-8,10,13H,5,9,11-12H2,1-4H3,(H,19,25)(H,20,23)(H,21,24)/p+1/t13-/m1/s1. The highest BCUT2D eigenvalue weighted by Gasteiger charge is 2.19. The fraction of sp³-hybridized carbons (Fsp3) is 0.500. The van der Waals surface area contributed by atoms with Gasteiger partial charge in [-0.1, -0.05) is 13.0 Å². The number of methoxy groups -OCH3 is 1. The summed E-state index contributed by atoms with van der Waals surface area (Å²) in [5, 5.41) is 8.13. The molecule has 0 spiro atoms. The first-order valence-corrected chi connectivity index (χ1v) is 8.68. The lowest BCUT2D eigenvalue weighted by Crippen LogP contribution is -3.11. The van der Waals surface area contributed by atoms with Crippen LogP contribution >= 0.6 is 0 Å². The number of rotatable bonds is 10. The van der Waals surface area contributed by atoms with Gasteiger partial charge < -0.3 is 25.6 Å². The van der Waals surface area contributed by atoms with E-state index in [9.17, 15) is 14.4 Å². The van der Waals surface area contributed by atoms with E-state index in [4.69, 9.17) is 4.74 Å². The zero-order chi connectivity index (χ0) is 19.5. The Morgan fingerprint density at radius 3 is 2.54 bits per heavy atom. The van der Waals surface area contributed by atoms with Crippen LogP contribution in [0.25, 0.3) is 0 Å². The number of amides is 3. The maximum Gasteiger partial charge on any atom is 0.279 e. The predicted molar refractivity (Wildman–Crippen MR) is 99.1 cm³/mol. The van der Waals surface area contributed by atoms with E-state index < -0.39 is 6.04 Å². The van der Waals surface area contributed by atoms with Gasteiger partial charge in [0.2, 0.25) is 5.91 Å². The number of carbonyl (C=O) groups excluding carboxylic acids is 3. The van der Waals surface area contributed by atoms with E-state index >= 15 is 0 Å². The summed E-state index contributed by atoms with van der Waals surface area (Å²) in [6.07, 6.45) is 0.835. The smallest absolute Gasteiger partial charge is 0.279 e. The van der Waals surface area contributed by atoms with Crippen LogP contribution in [0.4, 0.5) is 5.69 Å². The lowest BCUT2D eigenvalue weighted by atomic mass is 10.3. The third-order valence-electron chi connectivity index (χ3n) is 3.60. The van der Waals surface area contributed by atoms with Gasteiger partial charge in [0, 0.05) is 18.3 Å². The van der Waals surface area contributed by atoms with E-state index in [-0.39, 0.29) is 30.8 Å². The summed E-state index contributed by atoms with van der Waals surface area (Å²) in [7, 11) is 3.30. The van der Waals surface area contributed by atoms with Gasteiger partial charge in [0.05, 0.1) is 14.2 Å². The summed E-state index contributed by atoms with van der Waals surface area (Å²) in [6, 6.07) is 6.45. The average Bonchev–Trinajstić information content (AvgIpc) is 2.59. The molecule has 0 aromatic heterocycles. The molecule has 1 rings (SSSR count). The molecule has 3 amide bonds. The predicted octanol–water partition coefficient (Wildman–Crippen LogP) is -0.821. The van der Waals surface area contributed by atoms with Gasteiger partial charge in [-0.25, -0.2) is 0 Å². The van der Waals surface area contributed by atoms with Crippen LogP contribution in [0.2, 0.25) is 0 Å². The Kier molecular flexibility index (Phi) is 9.14. The first-order chi connectivity index (χ1) is 12.3. The molecule has 1 unspecified atom stereocenters. The van der Waals surface area contributed by atoms with Crippen molar-refractivity contribution in [2.24, 2.45) is 0 Å². The molecule has 0 aliphatic rings. The SMILES string of the molecule is CCCNC(=O)[C@@H](C)NC(=O)C[NH+](C)CC(=O)Nc1cccc(OC)c1. The summed E-state index contributed by atoms with van der Waals surface area (Å²) in [5.41, 5.74) is 0.632. The van der Waals surface area contributed by atoms with Crippen molar-refractivity contribution in [2.45, 2.75) is 26.3 Å². The molecule has 8 heteroatoms. The quantitative estimate of drug-likeness (QED) is 0.435. The van der Waals surface area contributed by atoms with Crippen LogP contribution in [0, 0.1) is 0 Å². The summed E-state index contributed by atoms with van der Waals surface area (Å²) < 4.78 is 5.11. The number of carbonyl (C=O) groups is 3. The van der Waals surface area contributed by atoms with Gasteiger partial charge in [0.25, 0.3) is 11.8 Å². The van der Waals surface area contributed by atoms with Crippen molar-refractivity contribution < 1.29 is 24.0 Å². The highest BCUT2D eigenvalue weighted by Crippen LogP contribution is 2.16. The zero-order valence-electron chi connectivity index (χ0n) is 15.8. The monoisotopic (exact) mass is 365 g/mol. The molecule has 144 valence electrons. The average molecular weight is 365 g/mol. The minimum atomic E-state index is -0.604. The first-order valence-electron chi connectivity index (χ1n) is 8.68. The van der Waals surface area contributed by atoms with Crippen molar-refractivity contribution in [3.63, 3.8) is 0 Å². The van der Waals surface area contributed by atoms with Crippen molar-refractivity contribution in [3.8, 4) is 5.75 Å². The van der Waals surface area contributed by atoms with Crippen molar-refractivity contribution in [2.75, 3.05) is 39.1 Å². The van der Waals surface area contributed by atoms with E-state index in [2.05, 4.69) is 16.0 Å². The molecule has 0 aliphatic carbocycles. The number of ether oxygens (including phenoxy) is 1. The molecule has 2 atom stereocenters. The van der Waals surface area contributed by atoms with Crippen LogP contribution in [0.1, 0.15) is 20.3 Å². The molecular formula is C18H29N4O4+. The van der Waals surface area contributed by atoms with Crippen LogP contribution in [0.3, 0.4) is 0 Å². The Bertz CT molecular complexity index is 621. The van der Waals surface area contributed by atoms with Crippen LogP contribution in [0.5, 0.6) is 5.75 Å². The van der Waals surface area contributed by atoms with E-state index in [1.807, 2.05) is 6.92 Å². The zero-order valence-corrected chi connectivity index (χ0v) is 15.8. The number of anilines is 1. The third-order valence-corrected chi connectivity index (χ3v) is 3.60. The highest BCUT2D eigenvalue weighted by molar-refractivity contribution is 5.92. The number of hydrogen-bond acceptors (Lipinski definition) is 4. The number of nitrogens with one attached hydrogen (secondary N) is 4. The lowest BCUT2D eigenvalue weighted by Gasteiger charge is -2.17. The Labute approximate surface area is 154 Å². The Hall–Kier alpha value is -2.61. The van der Waals surface area contributed by atoms with Crippen LogP contribution in [-0.2, 0) is 14.4 Å². The summed E-state index contributed by atoms with van der Waals surface area (Å²) in [6.45, 7) is 4.39. The van der Waals surface area contributed by atoms with Gasteiger partial charge >= 0.3 is 0 Å². The minimum Gasteiger partial charge on any atom is -0.497 e. The van der Waals surface area contributed by atoms with E-state index in [0.29, 0.717) is 22.9 Å². The van der Waals surface area contributed by atoms with E-state index in [1.165, 1.54) is 0 Å². The molecule has 0 saturated carbocycles. The molecule has 4 N–H and O–H groups in total. The fourth-order valence-corrected chi connectivity index (χ4v) is 2.28. The number of likely N-dealkylation sites (N-methyl/N-ethyl adjacent to an activating group) is 1. The first kappa shape index (κ1) is 21.4. The third kappa shape index (κ3) is 7.98. The van der Waals surface area contributed by atoms with Crippen molar-refractivity contribution >= 4 is 23.4 Å². The van der Waals surface area contributed by atoms with E-state index in [0.717, 1.165) is 6.42 Å². The Balaban J connectivity index is 2.39. The van der Waals surface area contributed by atoms with Gasteiger partial charge in [-0.3, -0.25) is 14.4 Å². The van der Waals surface area contributed by atoms with Crippen molar-refractivity contribution in [3.05, 3.63) is 24.3 Å². The number of benzene rings is 1. The second-order valence-electron chi connectivity index (χ2n) is 6.17. The lowest BCUT2D eigenvalue weighted by molar-refractivity contribution is -0.862. The summed E-state index contributed by atoms with van der Waals surface area (Å²) >= 11 is 0. The summed E-state index contributed by atoms with van der Waals surface area (Å²) in [5.74, 6) is -0.0556. The molecule has 0 saturated heterocycles. The second-order valence-corrected chi connectivity index (χ2v) is 6.17. The maximum atomic E-state index is 12.1.